The van der Waals surface area contributed by atoms with Crippen LogP contribution in [0.5, 0.6) is 11.5 Å². The summed E-state index contributed by atoms with van der Waals surface area (Å²) < 4.78 is 16.3. The Bertz CT molecular complexity index is 864. The van der Waals surface area contributed by atoms with Gasteiger partial charge in [0.15, 0.2) is 18.1 Å². The summed E-state index contributed by atoms with van der Waals surface area (Å²) in [5.41, 5.74) is 2.90. The van der Waals surface area contributed by atoms with Gasteiger partial charge in [0, 0.05) is 5.69 Å². The normalized spacial score (nSPS) is 15.3. The van der Waals surface area contributed by atoms with Gasteiger partial charge in [0.25, 0.3) is 5.91 Å². The summed E-state index contributed by atoms with van der Waals surface area (Å²) in [5, 5.41) is 2.93. The van der Waals surface area contributed by atoms with Crippen LogP contribution in [0.3, 0.4) is 0 Å². The Labute approximate surface area is 171 Å². The molecule has 1 N–H and O–H groups in total. The monoisotopic (exact) mass is 397 g/mol. The lowest BCUT2D eigenvalue weighted by Crippen LogP contribution is -2.39. The summed E-state index contributed by atoms with van der Waals surface area (Å²) in [4.78, 5) is 24.8. The highest BCUT2D eigenvalue weighted by Gasteiger charge is 2.29. The van der Waals surface area contributed by atoms with Gasteiger partial charge in [-0.25, -0.2) is 4.79 Å². The molecule has 1 aliphatic heterocycles. The molecule has 0 saturated heterocycles. The largest absolute Gasteiger partial charge is 0.485 e. The molecule has 1 heterocycles. The molecule has 1 aliphatic rings. The van der Waals surface area contributed by atoms with Crippen molar-refractivity contribution in [3.8, 4) is 11.5 Å². The number of esters is 1. The number of benzene rings is 2. The Hall–Kier alpha value is -3.02. The van der Waals surface area contributed by atoms with Crippen molar-refractivity contribution >= 4 is 17.6 Å². The fourth-order valence-electron chi connectivity index (χ4n) is 3.24. The number of para-hydroxylation sites is 3. The molecule has 0 saturated carbocycles. The molecule has 6 heteroatoms. The minimum Gasteiger partial charge on any atom is -0.485 e. The van der Waals surface area contributed by atoms with E-state index in [1.807, 2.05) is 24.3 Å². The summed E-state index contributed by atoms with van der Waals surface area (Å²) >= 11 is 0. The molecule has 1 unspecified atom stereocenters. The Kier molecular flexibility index (Phi) is 6.42. The zero-order chi connectivity index (χ0) is 21.0. The van der Waals surface area contributed by atoms with Crippen molar-refractivity contribution < 1.29 is 23.8 Å². The fourth-order valence-corrected chi connectivity index (χ4v) is 3.24. The van der Waals surface area contributed by atoms with Gasteiger partial charge in [0.05, 0.1) is 0 Å². The van der Waals surface area contributed by atoms with Crippen LogP contribution in [-0.2, 0) is 14.3 Å². The quantitative estimate of drug-likeness (QED) is 0.738. The number of fused-ring (bicyclic) bond motifs is 1. The van der Waals surface area contributed by atoms with E-state index < -0.39 is 12.1 Å². The van der Waals surface area contributed by atoms with Crippen LogP contribution in [0.4, 0.5) is 5.69 Å². The van der Waals surface area contributed by atoms with Crippen molar-refractivity contribution in [2.75, 3.05) is 18.5 Å². The van der Waals surface area contributed by atoms with E-state index in [2.05, 4.69) is 33.0 Å². The van der Waals surface area contributed by atoms with E-state index in [0.717, 1.165) is 16.8 Å². The van der Waals surface area contributed by atoms with Gasteiger partial charge in [-0.3, -0.25) is 4.79 Å². The van der Waals surface area contributed by atoms with Crippen LogP contribution in [0.2, 0.25) is 0 Å². The van der Waals surface area contributed by atoms with Crippen molar-refractivity contribution in [1.29, 1.82) is 0 Å². The van der Waals surface area contributed by atoms with Crippen molar-refractivity contribution in [3.05, 3.63) is 53.6 Å². The molecule has 29 heavy (non-hydrogen) atoms. The zero-order valence-corrected chi connectivity index (χ0v) is 17.2. The SMILES string of the molecule is CC(C)c1cccc(C(C)C)c1NC(=O)COC(=O)C1COc2ccccc2O1. The first-order chi connectivity index (χ1) is 13.9. The number of anilines is 1. The topological polar surface area (TPSA) is 73.9 Å². The highest BCUT2D eigenvalue weighted by Crippen LogP contribution is 2.33. The van der Waals surface area contributed by atoms with Crippen molar-refractivity contribution in [2.24, 2.45) is 0 Å². The number of ether oxygens (including phenoxy) is 3. The Balaban J connectivity index is 1.61. The molecule has 1 amide bonds. The van der Waals surface area contributed by atoms with Gasteiger partial charge >= 0.3 is 5.97 Å². The van der Waals surface area contributed by atoms with E-state index in [1.165, 1.54) is 0 Å². The van der Waals surface area contributed by atoms with E-state index in [4.69, 9.17) is 14.2 Å². The van der Waals surface area contributed by atoms with Gasteiger partial charge in [-0.1, -0.05) is 58.0 Å². The third kappa shape index (κ3) is 4.88. The first-order valence-corrected chi connectivity index (χ1v) is 9.84. The third-order valence-electron chi connectivity index (χ3n) is 4.75. The van der Waals surface area contributed by atoms with Gasteiger partial charge in [0.1, 0.15) is 6.61 Å². The van der Waals surface area contributed by atoms with Crippen LogP contribution in [0.15, 0.2) is 42.5 Å². The predicted octanol–water partition coefficient (Wildman–Crippen LogP) is 4.26. The lowest BCUT2D eigenvalue weighted by Gasteiger charge is -2.25. The van der Waals surface area contributed by atoms with Crippen molar-refractivity contribution in [2.45, 2.75) is 45.6 Å². The standard InChI is InChI=1S/C23H27NO5/c1-14(2)16-8-7-9-17(15(3)4)22(16)24-21(25)13-28-23(26)20-12-27-18-10-5-6-11-19(18)29-20/h5-11,14-15,20H,12-13H2,1-4H3,(H,24,25). The molecule has 0 fully saturated rings. The molecule has 0 aliphatic carbocycles. The number of hydrogen-bond acceptors (Lipinski definition) is 5. The Morgan fingerprint density at radius 2 is 1.62 bits per heavy atom. The Morgan fingerprint density at radius 3 is 2.24 bits per heavy atom. The molecule has 2 aromatic rings. The lowest BCUT2D eigenvalue weighted by molar-refractivity contribution is -0.156. The first-order valence-electron chi connectivity index (χ1n) is 9.84. The molecule has 2 aromatic carbocycles. The van der Waals surface area contributed by atoms with E-state index >= 15 is 0 Å². The molecule has 1 atom stereocenters. The minimum atomic E-state index is -0.896. The Morgan fingerprint density at radius 1 is 1.00 bits per heavy atom. The zero-order valence-electron chi connectivity index (χ0n) is 17.2. The molecule has 0 bridgehead atoms. The first kappa shape index (κ1) is 20.7. The number of rotatable bonds is 6. The maximum absolute atomic E-state index is 12.5. The lowest BCUT2D eigenvalue weighted by atomic mass is 9.92. The predicted molar refractivity (Wildman–Crippen MR) is 111 cm³/mol. The fraction of sp³-hybridized carbons (Fsp3) is 0.391. The number of amides is 1. The summed E-state index contributed by atoms with van der Waals surface area (Å²) in [6, 6.07) is 13.1. The number of hydrogen-bond donors (Lipinski definition) is 1. The van der Waals surface area contributed by atoms with E-state index in [1.54, 1.807) is 18.2 Å². The third-order valence-corrected chi connectivity index (χ3v) is 4.75. The van der Waals surface area contributed by atoms with Gasteiger partial charge < -0.3 is 19.5 Å². The summed E-state index contributed by atoms with van der Waals surface area (Å²) in [6.45, 7) is 7.97. The van der Waals surface area contributed by atoms with Crippen LogP contribution in [0, 0.1) is 0 Å². The van der Waals surface area contributed by atoms with E-state index in [9.17, 15) is 9.59 Å². The molecule has 0 radical (unpaired) electrons. The molecule has 0 spiro atoms. The van der Waals surface area contributed by atoms with Crippen LogP contribution >= 0.6 is 0 Å². The highest BCUT2D eigenvalue weighted by molar-refractivity contribution is 5.94. The molecule has 154 valence electrons. The van der Waals surface area contributed by atoms with E-state index in [-0.39, 0.29) is 31.0 Å². The molecule has 3 rings (SSSR count). The smallest absolute Gasteiger partial charge is 0.351 e. The molecular formula is C23H27NO5. The van der Waals surface area contributed by atoms with Gasteiger partial charge in [-0.15, -0.1) is 0 Å². The second-order valence-corrected chi connectivity index (χ2v) is 7.64. The van der Waals surface area contributed by atoms with Gasteiger partial charge in [0.2, 0.25) is 6.10 Å². The molecule has 0 aromatic heterocycles. The van der Waals surface area contributed by atoms with Crippen LogP contribution in [-0.4, -0.2) is 31.2 Å². The molecular weight excluding hydrogens is 370 g/mol. The van der Waals surface area contributed by atoms with Crippen LogP contribution in [0.25, 0.3) is 0 Å². The van der Waals surface area contributed by atoms with Crippen molar-refractivity contribution in [3.63, 3.8) is 0 Å². The summed E-state index contributed by atoms with van der Waals surface area (Å²) in [6.07, 6.45) is -0.896. The molecule has 6 nitrogen and oxygen atoms in total. The average Bonchev–Trinajstić information content (AvgIpc) is 2.71. The number of nitrogens with one attached hydrogen (secondary N) is 1. The highest BCUT2D eigenvalue weighted by atomic mass is 16.6. The van der Waals surface area contributed by atoms with Crippen LogP contribution < -0.4 is 14.8 Å². The van der Waals surface area contributed by atoms with Crippen LogP contribution in [0.1, 0.15) is 50.7 Å². The number of carbonyl (C=O) groups excluding carboxylic acids is 2. The second kappa shape index (κ2) is 8.99. The minimum absolute atomic E-state index is 0.0468. The van der Waals surface area contributed by atoms with E-state index in [0.29, 0.717) is 11.5 Å². The maximum Gasteiger partial charge on any atom is 0.351 e. The number of carbonyl (C=O) groups is 2. The maximum atomic E-state index is 12.5. The van der Waals surface area contributed by atoms with Gasteiger partial charge in [-0.05, 0) is 35.1 Å². The second-order valence-electron chi connectivity index (χ2n) is 7.64. The van der Waals surface area contributed by atoms with Crippen molar-refractivity contribution in [1.82, 2.24) is 0 Å². The average molecular weight is 397 g/mol. The van der Waals surface area contributed by atoms with Gasteiger partial charge in [-0.2, -0.15) is 0 Å². The summed E-state index contributed by atoms with van der Waals surface area (Å²) in [7, 11) is 0. The summed E-state index contributed by atoms with van der Waals surface area (Å²) in [5.74, 6) is 0.554.